The first-order valence-electron chi connectivity index (χ1n) is 9.86. The Labute approximate surface area is 190 Å². The van der Waals surface area contributed by atoms with E-state index in [1.807, 2.05) is 0 Å². The second-order valence-electron chi connectivity index (χ2n) is 6.79. The number of hydrogen-bond acceptors (Lipinski definition) is 5. The minimum absolute atomic E-state index is 0.0368. The molecule has 0 saturated carbocycles. The fourth-order valence-corrected chi connectivity index (χ4v) is 3.06. The predicted molar refractivity (Wildman–Crippen MR) is 125 cm³/mol. The van der Waals surface area contributed by atoms with Gasteiger partial charge >= 0.3 is 5.97 Å². The van der Waals surface area contributed by atoms with Crippen molar-refractivity contribution in [1.82, 2.24) is 0 Å². The zero-order valence-corrected chi connectivity index (χ0v) is 18.0. The molecule has 168 valence electrons. The third kappa shape index (κ3) is 5.76. The second-order valence-corrected chi connectivity index (χ2v) is 6.79. The van der Waals surface area contributed by atoms with Crippen LogP contribution in [0.5, 0.6) is 11.5 Å². The van der Waals surface area contributed by atoms with Gasteiger partial charge in [0.25, 0.3) is 5.91 Å². The van der Waals surface area contributed by atoms with Crippen molar-refractivity contribution < 1.29 is 29.0 Å². The summed E-state index contributed by atoms with van der Waals surface area (Å²) in [5.74, 6) is -1.06. The summed E-state index contributed by atoms with van der Waals surface area (Å²) in [5, 5.41) is 14.6. The summed E-state index contributed by atoms with van der Waals surface area (Å²) in [7, 11) is 3.06. The lowest BCUT2D eigenvalue weighted by molar-refractivity contribution is -0.111. The van der Waals surface area contributed by atoms with Crippen molar-refractivity contribution in [1.29, 1.82) is 0 Å². The van der Waals surface area contributed by atoms with Crippen LogP contribution in [-0.4, -0.2) is 37.1 Å². The molecule has 0 heterocycles. The number of para-hydroxylation sites is 2. The van der Waals surface area contributed by atoms with Crippen LogP contribution in [0, 0.1) is 0 Å². The molecule has 0 spiro atoms. The molecular formula is C25H22N2O6. The molecular weight excluding hydrogens is 424 g/mol. The first kappa shape index (κ1) is 23.1. The number of amides is 2. The Morgan fingerprint density at radius 1 is 0.788 bits per heavy atom. The molecule has 0 aliphatic carbocycles. The van der Waals surface area contributed by atoms with E-state index in [1.165, 1.54) is 38.5 Å². The van der Waals surface area contributed by atoms with Crippen LogP contribution in [0.25, 0.3) is 6.08 Å². The van der Waals surface area contributed by atoms with Gasteiger partial charge in [-0.3, -0.25) is 9.59 Å². The summed E-state index contributed by atoms with van der Waals surface area (Å²) in [6, 6.07) is 17.7. The molecule has 0 atom stereocenters. The predicted octanol–water partition coefficient (Wildman–Crippen LogP) is 4.31. The lowest BCUT2D eigenvalue weighted by Crippen LogP contribution is -2.18. The van der Waals surface area contributed by atoms with E-state index in [2.05, 4.69) is 10.6 Å². The molecule has 3 rings (SSSR count). The Balaban J connectivity index is 1.75. The van der Waals surface area contributed by atoms with Gasteiger partial charge < -0.3 is 25.2 Å². The van der Waals surface area contributed by atoms with Gasteiger partial charge in [-0.2, -0.15) is 0 Å². The maximum atomic E-state index is 12.8. The molecule has 0 saturated heterocycles. The highest BCUT2D eigenvalue weighted by Crippen LogP contribution is 2.28. The van der Waals surface area contributed by atoms with E-state index in [1.54, 1.807) is 54.6 Å². The molecule has 0 aliphatic rings. The number of aromatic carboxylic acids is 1. The zero-order chi connectivity index (χ0) is 23.8. The van der Waals surface area contributed by atoms with Crippen LogP contribution in [0.15, 0.2) is 72.8 Å². The van der Waals surface area contributed by atoms with E-state index in [9.17, 15) is 19.5 Å². The van der Waals surface area contributed by atoms with Crippen LogP contribution < -0.4 is 20.1 Å². The van der Waals surface area contributed by atoms with E-state index in [0.717, 1.165) is 5.56 Å². The monoisotopic (exact) mass is 446 g/mol. The van der Waals surface area contributed by atoms with E-state index in [0.29, 0.717) is 11.5 Å². The number of rotatable bonds is 8. The molecule has 0 radical (unpaired) electrons. The van der Waals surface area contributed by atoms with Crippen LogP contribution in [0.1, 0.15) is 26.3 Å². The summed E-state index contributed by atoms with van der Waals surface area (Å²) >= 11 is 0. The van der Waals surface area contributed by atoms with Gasteiger partial charge in [0, 0.05) is 6.08 Å². The van der Waals surface area contributed by atoms with E-state index in [-0.39, 0.29) is 22.5 Å². The van der Waals surface area contributed by atoms with Crippen molar-refractivity contribution in [3.63, 3.8) is 0 Å². The van der Waals surface area contributed by atoms with Gasteiger partial charge in [-0.15, -0.1) is 0 Å². The molecule has 33 heavy (non-hydrogen) atoms. The van der Waals surface area contributed by atoms with Crippen molar-refractivity contribution in [3.8, 4) is 11.5 Å². The summed E-state index contributed by atoms with van der Waals surface area (Å²) < 4.78 is 10.4. The van der Waals surface area contributed by atoms with Crippen molar-refractivity contribution in [2.24, 2.45) is 0 Å². The molecule has 2 amide bonds. The fourth-order valence-electron chi connectivity index (χ4n) is 3.06. The lowest BCUT2D eigenvalue weighted by atomic mass is 10.1. The first-order valence-corrected chi connectivity index (χ1v) is 9.86. The maximum absolute atomic E-state index is 12.8. The Morgan fingerprint density at radius 2 is 1.39 bits per heavy atom. The summed E-state index contributed by atoms with van der Waals surface area (Å²) in [5.41, 5.74) is 1.31. The molecule has 0 bridgehead atoms. The van der Waals surface area contributed by atoms with E-state index < -0.39 is 17.8 Å². The molecule has 0 unspecified atom stereocenters. The number of ether oxygens (including phenoxy) is 2. The average Bonchev–Trinajstić information content (AvgIpc) is 2.83. The number of carbonyl (C=O) groups excluding carboxylic acids is 2. The number of carboxylic acids is 1. The highest BCUT2D eigenvalue weighted by Gasteiger charge is 2.16. The Kier molecular flexibility index (Phi) is 7.43. The van der Waals surface area contributed by atoms with Gasteiger partial charge in [0.05, 0.1) is 36.7 Å². The molecule has 0 aromatic heterocycles. The lowest BCUT2D eigenvalue weighted by Gasteiger charge is -2.12. The summed E-state index contributed by atoms with van der Waals surface area (Å²) in [4.78, 5) is 36.7. The fraction of sp³-hybridized carbons (Fsp3) is 0.0800. The highest BCUT2D eigenvalue weighted by atomic mass is 16.5. The summed E-state index contributed by atoms with van der Waals surface area (Å²) in [6.07, 6.45) is 2.93. The van der Waals surface area contributed by atoms with Gasteiger partial charge in [-0.25, -0.2) is 4.79 Å². The van der Waals surface area contributed by atoms with Crippen LogP contribution in [0.2, 0.25) is 0 Å². The number of carbonyl (C=O) groups is 3. The smallest absolute Gasteiger partial charge is 0.337 e. The van der Waals surface area contributed by atoms with Crippen molar-refractivity contribution in [3.05, 3.63) is 89.5 Å². The largest absolute Gasteiger partial charge is 0.493 e. The number of nitrogens with one attached hydrogen (secondary N) is 2. The van der Waals surface area contributed by atoms with Crippen molar-refractivity contribution in [2.45, 2.75) is 0 Å². The minimum atomic E-state index is -1.16. The van der Waals surface area contributed by atoms with E-state index in [4.69, 9.17) is 9.47 Å². The Bertz CT molecular complexity index is 1220. The van der Waals surface area contributed by atoms with Gasteiger partial charge in [0.2, 0.25) is 5.91 Å². The maximum Gasteiger partial charge on any atom is 0.337 e. The van der Waals surface area contributed by atoms with Crippen molar-refractivity contribution >= 4 is 35.2 Å². The van der Waals surface area contributed by atoms with Gasteiger partial charge in [0.15, 0.2) is 11.5 Å². The van der Waals surface area contributed by atoms with E-state index >= 15 is 0 Å². The van der Waals surface area contributed by atoms with Crippen LogP contribution in [0.3, 0.4) is 0 Å². The third-order valence-corrected chi connectivity index (χ3v) is 4.67. The number of anilines is 2. The second kappa shape index (κ2) is 10.6. The molecule has 8 nitrogen and oxygen atoms in total. The molecule has 3 N–H and O–H groups in total. The zero-order valence-electron chi connectivity index (χ0n) is 18.0. The van der Waals surface area contributed by atoms with Gasteiger partial charge in [-0.1, -0.05) is 30.3 Å². The topological polar surface area (TPSA) is 114 Å². The average molecular weight is 446 g/mol. The number of methoxy groups -OCH3 is 2. The van der Waals surface area contributed by atoms with Crippen LogP contribution in [-0.2, 0) is 4.79 Å². The molecule has 3 aromatic rings. The highest BCUT2D eigenvalue weighted by molar-refractivity contribution is 6.13. The normalized spacial score (nSPS) is 10.5. The van der Waals surface area contributed by atoms with Crippen molar-refractivity contribution in [2.75, 3.05) is 24.9 Å². The Hall–Kier alpha value is -4.59. The minimum Gasteiger partial charge on any atom is -0.493 e. The number of carboxylic acid groups (broad SMARTS) is 1. The molecule has 0 fully saturated rings. The molecule has 8 heteroatoms. The first-order chi connectivity index (χ1) is 15.9. The van der Waals surface area contributed by atoms with Crippen LogP contribution >= 0.6 is 0 Å². The molecule has 0 aliphatic heterocycles. The SMILES string of the molecule is COc1ccc(/C=C/C(=O)Nc2ccccc2C(=O)Nc2ccccc2C(=O)O)cc1OC. The number of hydrogen-bond donors (Lipinski definition) is 3. The van der Waals surface area contributed by atoms with Gasteiger partial charge in [-0.05, 0) is 48.0 Å². The van der Waals surface area contributed by atoms with Crippen LogP contribution in [0.4, 0.5) is 11.4 Å². The number of benzene rings is 3. The standard InChI is InChI=1S/C25H22N2O6/c1-32-21-13-11-16(15-22(21)33-2)12-14-23(28)26-19-9-5-3-7-17(19)24(29)27-20-10-6-4-8-18(20)25(30)31/h3-15H,1-2H3,(H,26,28)(H,27,29)(H,30,31)/b14-12+. The Morgan fingerprint density at radius 3 is 2.03 bits per heavy atom. The quantitative estimate of drug-likeness (QED) is 0.445. The molecule has 3 aromatic carbocycles. The van der Waals surface area contributed by atoms with Gasteiger partial charge in [0.1, 0.15) is 0 Å². The summed E-state index contributed by atoms with van der Waals surface area (Å²) in [6.45, 7) is 0. The third-order valence-electron chi connectivity index (χ3n) is 4.67.